The molecule has 0 aromatic heterocycles. The van der Waals surface area contributed by atoms with E-state index in [9.17, 15) is 4.79 Å². The Kier molecular flexibility index (Phi) is 5.62. The minimum absolute atomic E-state index is 0.0220. The lowest BCUT2D eigenvalue weighted by Gasteiger charge is -2.41. The molecule has 0 saturated heterocycles. The molecule has 0 aliphatic heterocycles. The minimum Gasteiger partial charge on any atom is -0.354 e. The quantitative estimate of drug-likeness (QED) is 0.717. The van der Waals surface area contributed by atoms with Crippen molar-refractivity contribution in [3.05, 3.63) is 0 Å². The van der Waals surface area contributed by atoms with E-state index >= 15 is 0 Å². The third-order valence-corrected chi connectivity index (χ3v) is 4.42. The predicted molar refractivity (Wildman–Crippen MR) is 70.6 cm³/mol. The Balaban J connectivity index is 2.23. The van der Waals surface area contributed by atoms with Gasteiger partial charge >= 0.3 is 0 Å². The van der Waals surface area contributed by atoms with Gasteiger partial charge in [0.15, 0.2) is 0 Å². The van der Waals surface area contributed by atoms with Crippen LogP contribution in [0.15, 0.2) is 0 Å². The van der Waals surface area contributed by atoms with Gasteiger partial charge in [-0.25, -0.2) is 0 Å². The van der Waals surface area contributed by atoms with Crippen molar-refractivity contribution in [1.82, 2.24) is 5.32 Å². The van der Waals surface area contributed by atoms with Crippen LogP contribution in [0.4, 0.5) is 0 Å². The van der Waals surface area contributed by atoms with Gasteiger partial charge < -0.3 is 11.1 Å². The molecule has 0 aromatic carbocycles. The molecule has 16 heavy (non-hydrogen) atoms. The molecule has 1 saturated carbocycles. The molecule has 1 aliphatic carbocycles. The number of carbonyl (C=O) groups excluding carboxylic acids is 1. The van der Waals surface area contributed by atoms with Crippen LogP contribution in [0.2, 0.25) is 0 Å². The summed E-state index contributed by atoms with van der Waals surface area (Å²) in [6.07, 6.45) is 7.78. The lowest BCUT2D eigenvalue weighted by atomic mass is 9.67. The summed E-state index contributed by atoms with van der Waals surface area (Å²) in [5.74, 6) is 0.974. The van der Waals surface area contributed by atoms with Gasteiger partial charge in [0.2, 0.25) is 5.91 Å². The van der Waals surface area contributed by atoms with Crippen molar-refractivity contribution >= 4 is 17.7 Å². The number of amides is 1. The fourth-order valence-corrected chi connectivity index (χ4v) is 2.60. The Morgan fingerprint density at radius 1 is 1.56 bits per heavy atom. The van der Waals surface area contributed by atoms with Gasteiger partial charge in [-0.1, -0.05) is 13.3 Å². The van der Waals surface area contributed by atoms with E-state index < -0.39 is 0 Å². The van der Waals surface area contributed by atoms with Crippen LogP contribution >= 0.6 is 11.8 Å². The van der Waals surface area contributed by atoms with Crippen molar-refractivity contribution in [2.45, 2.75) is 45.1 Å². The van der Waals surface area contributed by atoms with Crippen molar-refractivity contribution in [3.63, 3.8) is 0 Å². The Morgan fingerprint density at radius 3 is 2.69 bits per heavy atom. The highest BCUT2D eigenvalue weighted by Crippen LogP contribution is 2.42. The summed E-state index contributed by atoms with van der Waals surface area (Å²) in [6.45, 7) is 3.02. The van der Waals surface area contributed by atoms with Crippen LogP contribution in [-0.4, -0.2) is 30.5 Å². The molecule has 0 spiro atoms. The maximum absolute atomic E-state index is 11.7. The van der Waals surface area contributed by atoms with Crippen molar-refractivity contribution in [3.8, 4) is 0 Å². The largest absolute Gasteiger partial charge is 0.354 e. The van der Waals surface area contributed by atoms with Gasteiger partial charge in [-0.2, -0.15) is 11.8 Å². The first-order valence-corrected chi connectivity index (χ1v) is 7.55. The van der Waals surface area contributed by atoms with Crippen LogP contribution in [-0.2, 0) is 4.79 Å². The molecule has 0 heterocycles. The van der Waals surface area contributed by atoms with Gasteiger partial charge in [-0.05, 0) is 43.1 Å². The lowest BCUT2D eigenvalue weighted by Crippen LogP contribution is -2.47. The number of rotatable bonds is 7. The van der Waals surface area contributed by atoms with E-state index in [1.54, 1.807) is 11.8 Å². The summed E-state index contributed by atoms with van der Waals surface area (Å²) in [5, 5.41) is 3.01. The Hall–Kier alpha value is -0.220. The van der Waals surface area contributed by atoms with Crippen LogP contribution in [0.3, 0.4) is 0 Å². The molecular weight excluding hydrogens is 220 g/mol. The number of thioether (sulfide) groups is 1. The van der Waals surface area contributed by atoms with Crippen LogP contribution in [0, 0.1) is 5.41 Å². The van der Waals surface area contributed by atoms with Gasteiger partial charge in [0.25, 0.3) is 0 Å². The number of nitrogens with two attached hydrogens (primary N) is 1. The van der Waals surface area contributed by atoms with Crippen molar-refractivity contribution in [2.24, 2.45) is 11.1 Å². The molecule has 1 rings (SSSR count). The first-order chi connectivity index (χ1) is 7.63. The van der Waals surface area contributed by atoms with Crippen LogP contribution < -0.4 is 11.1 Å². The number of hydrogen-bond acceptors (Lipinski definition) is 3. The SMILES string of the molecule is CCC1(CNC(=O)[C@@H](N)CCSC)CCC1. The molecular formula is C12H24N2OS. The topological polar surface area (TPSA) is 55.1 Å². The van der Waals surface area contributed by atoms with Crippen LogP contribution in [0.25, 0.3) is 0 Å². The summed E-state index contributed by atoms with van der Waals surface area (Å²) < 4.78 is 0. The average Bonchev–Trinajstić information content (AvgIpc) is 2.24. The summed E-state index contributed by atoms with van der Waals surface area (Å²) in [4.78, 5) is 11.7. The Bertz CT molecular complexity index is 224. The normalized spacial score (nSPS) is 19.9. The van der Waals surface area contributed by atoms with Gasteiger partial charge in [0.1, 0.15) is 0 Å². The maximum atomic E-state index is 11.7. The third kappa shape index (κ3) is 3.67. The van der Waals surface area contributed by atoms with Gasteiger partial charge in [0.05, 0.1) is 6.04 Å². The lowest BCUT2D eigenvalue weighted by molar-refractivity contribution is -0.123. The molecule has 0 unspecified atom stereocenters. The zero-order chi connectivity index (χ0) is 12.0. The molecule has 4 heteroatoms. The molecule has 0 aromatic rings. The molecule has 0 bridgehead atoms. The standard InChI is InChI=1S/C12H24N2OS/c1-3-12(6-4-7-12)9-14-11(15)10(13)5-8-16-2/h10H,3-9,13H2,1-2H3,(H,14,15)/t10-/m0/s1. The summed E-state index contributed by atoms with van der Waals surface area (Å²) >= 11 is 1.73. The molecule has 1 aliphatic rings. The summed E-state index contributed by atoms with van der Waals surface area (Å²) in [5.41, 5.74) is 6.19. The highest BCUT2D eigenvalue weighted by Gasteiger charge is 2.35. The van der Waals surface area contributed by atoms with E-state index in [0.717, 1.165) is 25.1 Å². The highest BCUT2D eigenvalue weighted by atomic mass is 32.2. The number of hydrogen-bond donors (Lipinski definition) is 2. The zero-order valence-electron chi connectivity index (χ0n) is 10.4. The van der Waals surface area contributed by atoms with Gasteiger partial charge in [0, 0.05) is 6.54 Å². The fourth-order valence-electron chi connectivity index (χ4n) is 2.11. The van der Waals surface area contributed by atoms with E-state index in [0.29, 0.717) is 5.41 Å². The van der Waals surface area contributed by atoms with E-state index in [2.05, 4.69) is 12.2 Å². The molecule has 1 atom stereocenters. The molecule has 1 fully saturated rings. The second kappa shape index (κ2) is 6.50. The number of carbonyl (C=O) groups is 1. The van der Waals surface area contributed by atoms with Gasteiger partial charge in [-0.15, -0.1) is 0 Å². The summed E-state index contributed by atoms with van der Waals surface area (Å²) in [7, 11) is 0. The molecule has 1 amide bonds. The monoisotopic (exact) mass is 244 g/mol. The second-order valence-corrected chi connectivity index (χ2v) is 5.80. The van der Waals surface area contributed by atoms with Crippen molar-refractivity contribution in [1.29, 1.82) is 0 Å². The summed E-state index contributed by atoms with van der Waals surface area (Å²) in [6, 6.07) is -0.332. The molecule has 3 nitrogen and oxygen atoms in total. The predicted octanol–water partition coefficient (Wildman–Crippen LogP) is 1.76. The van der Waals surface area contributed by atoms with E-state index in [4.69, 9.17) is 5.73 Å². The molecule has 0 radical (unpaired) electrons. The first kappa shape index (κ1) is 13.8. The molecule has 94 valence electrons. The van der Waals surface area contributed by atoms with E-state index in [1.807, 2.05) is 6.26 Å². The van der Waals surface area contributed by atoms with E-state index in [-0.39, 0.29) is 11.9 Å². The highest BCUT2D eigenvalue weighted by molar-refractivity contribution is 7.98. The van der Waals surface area contributed by atoms with Crippen molar-refractivity contribution in [2.75, 3.05) is 18.6 Å². The van der Waals surface area contributed by atoms with Crippen LogP contribution in [0.5, 0.6) is 0 Å². The van der Waals surface area contributed by atoms with Gasteiger partial charge in [-0.3, -0.25) is 4.79 Å². The minimum atomic E-state index is -0.332. The number of nitrogens with one attached hydrogen (secondary N) is 1. The molecule has 3 N–H and O–H groups in total. The zero-order valence-corrected chi connectivity index (χ0v) is 11.2. The Morgan fingerprint density at radius 2 is 2.25 bits per heavy atom. The van der Waals surface area contributed by atoms with Crippen molar-refractivity contribution < 1.29 is 4.79 Å². The second-order valence-electron chi connectivity index (χ2n) is 4.81. The first-order valence-electron chi connectivity index (χ1n) is 6.16. The fraction of sp³-hybridized carbons (Fsp3) is 0.917. The Labute approximate surface area is 103 Å². The average molecular weight is 244 g/mol. The third-order valence-electron chi connectivity index (χ3n) is 3.77. The van der Waals surface area contributed by atoms with Crippen LogP contribution in [0.1, 0.15) is 39.0 Å². The smallest absolute Gasteiger partial charge is 0.236 e. The maximum Gasteiger partial charge on any atom is 0.236 e. The van der Waals surface area contributed by atoms with E-state index in [1.165, 1.54) is 19.3 Å².